The number of rotatable bonds is 7. The number of nitrogens with zero attached hydrogens (tertiary/aromatic N) is 3. The van der Waals surface area contributed by atoms with Crippen LogP contribution in [0.1, 0.15) is 16.2 Å². The first-order valence-corrected chi connectivity index (χ1v) is 8.39. The van der Waals surface area contributed by atoms with Crippen molar-refractivity contribution in [3.05, 3.63) is 40.4 Å². The number of carboxylic acids is 1. The Morgan fingerprint density at radius 2 is 2.21 bits per heavy atom. The molecule has 0 saturated carbocycles. The molecule has 0 spiro atoms. The number of aromatic nitrogens is 3. The Labute approximate surface area is 146 Å². The van der Waals surface area contributed by atoms with Gasteiger partial charge in [0.05, 0.1) is 22.2 Å². The van der Waals surface area contributed by atoms with Crippen molar-refractivity contribution in [2.24, 2.45) is 0 Å². The Morgan fingerprint density at radius 1 is 1.46 bits per heavy atom. The van der Waals surface area contributed by atoms with E-state index in [-0.39, 0.29) is 16.5 Å². The average Bonchev–Trinajstić information content (AvgIpc) is 2.91. The maximum Gasteiger partial charge on any atom is 0.313 e. The number of hydrogen-bond donors (Lipinski definition) is 2. The number of carbonyl (C=O) groups is 2. The molecule has 2 aromatic rings. The summed E-state index contributed by atoms with van der Waals surface area (Å²) in [6.45, 7) is 1.97. The molecule has 2 N–H and O–H groups in total. The van der Waals surface area contributed by atoms with E-state index in [1.165, 1.54) is 34.6 Å². The Hall–Kier alpha value is -2.13. The third kappa shape index (κ3) is 4.45. The highest BCUT2D eigenvalue weighted by Crippen LogP contribution is 2.20. The van der Waals surface area contributed by atoms with E-state index in [4.69, 9.17) is 16.7 Å². The van der Waals surface area contributed by atoms with Gasteiger partial charge in [-0.25, -0.2) is 9.07 Å². The van der Waals surface area contributed by atoms with Gasteiger partial charge in [0.25, 0.3) is 5.91 Å². The van der Waals surface area contributed by atoms with Crippen LogP contribution in [-0.4, -0.2) is 50.0 Å². The molecular weight excluding hydrogens is 359 g/mol. The Balaban J connectivity index is 2.02. The lowest BCUT2D eigenvalue weighted by Crippen LogP contribution is -2.27. The zero-order chi connectivity index (χ0) is 17.7. The van der Waals surface area contributed by atoms with E-state index in [1.54, 1.807) is 6.92 Å². The highest BCUT2D eigenvalue weighted by molar-refractivity contribution is 7.99. The first-order valence-electron chi connectivity index (χ1n) is 6.85. The number of carbonyl (C=O) groups excluding carboxylic acids is 1. The SMILES string of the molecule is Cc1c(C(=O)NCCSCC(=O)O)nnn1-c1ccc(F)c(Cl)c1. The second kappa shape index (κ2) is 8.11. The van der Waals surface area contributed by atoms with E-state index in [0.29, 0.717) is 23.7 Å². The first-order chi connectivity index (χ1) is 11.4. The van der Waals surface area contributed by atoms with E-state index in [0.717, 1.165) is 0 Å². The van der Waals surface area contributed by atoms with Crippen LogP contribution in [0.5, 0.6) is 0 Å². The summed E-state index contributed by atoms with van der Waals surface area (Å²) in [6.07, 6.45) is 0. The van der Waals surface area contributed by atoms with Crippen LogP contribution in [0.25, 0.3) is 5.69 Å². The van der Waals surface area contributed by atoms with Gasteiger partial charge in [-0.2, -0.15) is 0 Å². The van der Waals surface area contributed by atoms with Crippen LogP contribution in [0.2, 0.25) is 5.02 Å². The van der Waals surface area contributed by atoms with Gasteiger partial charge >= 0.3 is 5.97 Å². The molecule has 0 unspecified atom stereocenters. The Bertz CT molecular complexity index is 768. The second-order valence-electron chi connectivity index (χ2n) is 4.74. The number of nitrogens with one attached hydrogen (secondary N) is 1. The van der Waals surface area contributed by atoms with E-state index < -0.39 is 17.7 Å². The molecule has 0 radical (unpaired) electrons. The summed E-state index contributed by atoms with van der Waals surface area (Å²) >= 11 is 6.95. The van der Waals surface area contributed by atoms with Crippen LogP contribution in [0.3, 0.4) is 0 Å². The van der Waals surface area contributed by atoms with Crippen molar-refractivity contribution < 1.29 is 19.1 Å². The van der Waals surface area contributed by atoms with E-state index in [1.807, 2.05) is 0 Å². The van der Waals surface area contributed by atoms with Gasteiger partial charge in [-0.15, -0.1) is 16.9 Å². The second-order valence-corrected chi connectivity index (χ2v) is 6.25. The van der Waals surface area contributed by atoms with Crippen LogP contribution in [0.4, 0.5) is 4.39 Å². The van der Waals surface area contributed by atoms with Gasteiger partial charge in [-0.3, -0.25) is 9.59 Å². The molecular formula is C14H14ClFN4O3S. The van der Waals surface area contributed by atoms with E-state index in [2.05, 4.69) is 15.6 Å². The normalized spacial score (nSPS) is 10.6. The van der Waals surface area contributed by atoms with Gasteiger partial charge in [-0.05, 0) is 25.1 Å². The predicted molar refractivity (Wildman–Crippen MR) is 88.4 cm³/mol. The van der Waals surface area contributed by atoms with Crippen LogP contribution >= 0.6 is 23.4 Å². The maximum absolute atomic E-state index is 13.2. The molecule has 2 rings (SSSR count). The quantitative estimate of drug-likeness (QED) is 0.721. The molecule has 24 heavy (non-hydrogen) atoms. The van der Waals surface area contributed by atoms with Gasteiger partial charge in [0.2, 0.25) is 0 Å². The Morgan fingerprint density at radius 3 is 2.88 bits per heavy atom. The summed E-state index contributed by atoms with van der Waals surface area (Å²) in [5.74, 6) is -1.41. The molecule has 1 heterocycles. The van der Waals surface area contributed by atoms with Crippen molar-refractivity contribution >= 4 is 35.2 Å². The third-order valence-electron chi connectivity index (χ3n) is 3.01. The summed E-state index contributed by atoms with van der Waals surface area (Å²) in [7, 11) is 0. The van der Waals surface area contributed by atoms with Crippen molar-refractivity contribution in [1.82, 2.24) is 20.3 Å². The van der Waals surface area contributed by atoms with Gasteiger partial charge in [-0.1, -0.05) is 16.8 Å². The summed E-state index contributed by atoms with van der Waals surface area (Å²) in [4.78, 5) is 22.5. The maximum atomic E-state index is 13.2. The number of carboxylic acid groups (broad SMARTS) is 1. The van der Waals surface area contributed by atoms with E-state index in [9.17, 15) is 14.0 Å². The minimum Gasteiger partial charge on any atom is -0.481 e. The lowest BCUT2D eigenvalue weighted by Gasteiger charge is -2.05. The molecule has 0 aliphatic rings. The topological polar surface area (TPSA) is 97.1 Å². The molecule has 0 aliphatic heterocycles. The van der Waals surface area contributed by atoms with Crippen molar-refractivity contribution in [3.63, 3.8) is 0 Å². The fourth-order valence-electron chi connectivity index (χ4n) is 1.88. The Kier molecular flexibility index (Phi) is 6.16. The van der Waals surface area contributed by atoms with Crippen LogP contribution in [0.15, 0.2) is 18.2 Å². The highest BCUT2D eigenvalue weighted by Gasteiger charge is 2.17. The number of halogens is 2. The van der Waals surface area contributed by atoms with Gasteiger partial charge in [0.15, 0.2) is 5.69 Å². The molecule has 128 valence electrons. The predicted octanol–water partition coefficient (Wildman–Crippen LogP) is 1.92. The molecule has 1 aromatic heterocycles. The van der Waals surface area contributed by atoms with Crippen molar-refractivity contribution in [3.8, 4) is 5.69 Å². The lowest BCUT2D eigenvalue weighted by molar-refractivity contribution is -0.133. The number of amides is 1. The summed E-state index contributed by atoms with van der Waals surface area (Å²) < 4.78 is 14.6. The number of hydrogen-bond acceptors (Lipinski definition) is 5. The van der Waals surface area contributed by atoms with Crippen molar-refractivity contribution in [2.45, 2.75) is 6.92 Å². The zero-order valence-electron chi connectivity index (χ0n) is 12.6. The molecule has 1 aromatic carbocycles. The van der Waals surface area contributed by atoms with Gasteiger partial charge < -0.3 is 10.4 Å². The summed E-state index contributed by atoms with van der Waals surface area (Å²) in [5.41, 5.74) is 1.11. The van der Waals surface area contributed by atoms with Gasteiger partial charge in [0.1, 0.15) is 5.82 Å². The standard InChI is InChI=1S/C14H14ClFN4O3S/c1-8-13(14(23)17-4-5-24-7-12(21)22)18-19-20(8)9-2-3-11(16)10(15)6-9/h2-3,6H,4-5,7H2,1H3,(H,17,23)(H,21,22). The molecule has 7 nitrogen and oxygen atoms in total. The fourth-order valence-corrected chi connectivity index (χ4v) is 2.62. The molecule has 0 atom stereocenters. The minimum atomic E-state index is -0.900. The van der Waals surface area contributed by atoms with Crippen LogP contribution in [0, 0.1) is 12.7 Å². The fraction of sp³-hybridized carbons (Fsp3) is 0.286. The van der Waals surface area contributed by atoms with Crippen molar-refractivity contribution in [1.29, 1.82) is 0 Å². The summed E-state index contributed by atoms with van der Waals surface area (Å²) in [5, 5.41) is 18.8. The molecule has 0 saturated heterocycles. The molecule has 0 bridgehead atoms. The van der Waals surface area contributed by atoms with Gasteiger partial charge in [0, 0.05) is 12.3 Å². The largest absolute Gasteiger partial charge is 0.481 e. The monoisotopic (exact) mass is 372 g/mol. The zero-order valence-corrected chi connectivity index (χ0v) is 14.2. The number of benzene rings is 1. The third-order valence-corrected chi connectivity index (χ3v) is 4.25. The number of aliphatic carboxylic acids is 1. The highest BCUT2D eigenvalue weighted by atomic mass is 35.5. The lowest BCUT2D eigenvalue weighted by atomic mass is 10.2. The van der Waals surface area contributed by atoms with E-state index >= 15 is 0 Å². The van der Waals surface area contributed by atoms with Crippen LogP contribution in [-0.2, 0) is 4.79 Å². The summed E-state index contributed by atoms with van der Waals surface area (Å²) in [6, 6.07) is 4.08. The average molecular weight is 373 g/mol. The molecule has 0 fully saturated rings. The smallest absolute Gasteiger partial charge is 0.313 e. The first kappa shape index (κ1) is 18.2. The number of thioether (sulfide) groups is 1. The molecule has 0 aliphatic carbocycles. The minimum absolute atomic E-state index is 0.0175. The van der Waals surface area contributed by atoms with Crippen molar-refractivity contribution in [2.75, 3.05) is 18.1 Å². The molecule has 10 heteroatoms. The molecule has 1 amide bonds. The van der Waals surface area contributed by atoms with Crippen LogP contribution < -0.4 is 5.32 Å².